The minimum atomic E-state index is -0.813. The molecule has 88 valence electrons. The van der Waals surface area contributed by atoms with Gasteiger partial charge in [-0.05, 0) is 38.1 Å². The molecule has 0 saturated carbocycles. The van der Waals surface area contributed by atoms with Crippen LogP contribution in [0.1, 0.15) is 40.2 Å². The molecule has 0 atom stereocenters. The Morgan fingerprint density at radius 3 is 2.50 bits per heavy atom. The summed E-state index contributed by atoms with van der Waals surface area (Å²) in [5.74, 6) is -0.813. The summed E-state index contributed by atoms with van der Waals surface area (Å²) >= 11 is 1.40. The molecule has 0 bridgehead atoms. The van der Waals surface area contributed by atoms with Gasteiger partial charge in [0.15, 0.2) is 0 Å². The fourth-order valence-electron chi connectivity index (χ4n) is 2.09. The molecule has 0 spiro atoms. The number of likely N-dealkylation sites (tertiary alicyclic amines) is 1. The Morgan fingerprint density at radius 2 is 1.94 bits per heavy atom. The number of carbonyl (C=O) groups is 1. The van der Waals surface area contributed by atoms with E-state index in [1.807, 2.05) is 6.07 Å². The van der Waals surface area contributed by atoms with Crippen molar-refractivity contribution >= 4 is 17.3 Å². The van der Waals surface area contributed by atoms with Crippen LogP contribution in [0.4, 0.5) is 0 Å². The molecule has 4 heteroatoms. The van der Waals surface area contributed by atoms with Crippen LogP contribution in [0.5, 0.6) is 0 Å². The van der Waals surface area contributed by atoms with Gasteiger partial charge in [-0.25, -0.2) is 4.79 Å². The third-order valence-corrected chi connectivity index (χ3v) is 4.01. The van der Waals surface area contributed by atoms with Crippen molar-refractivity contribution in [2.24, 2.45) is 0 Å². The van der Waals surface area contributed by atoms with E-state index in [1.165, 1.54) is 41.9 Å². The van der Waals surface area contributed by atoms with Crippen molar-refractivity contribution in [1.29, 1.82) is 0 Å². The SMILES string of the molecule is O=C(O)c1ccc(CN2CCCCCC2)s1. The molecule has 0 unspecified atom stereocenters. The van der Waals surface area contributed by atoms with Crippen molar-refractivity contribution in [1.82, 2.24) is 4.90 Å². The lowest BCUT2D eigenvalue weighted by Crippen LogP contribution is -2.23. The molecule has 1 fully saturated rings. The number of thiophene rings is 1. The van der Waals surface area contributed by atoms with Gasteiger partial charge in [-0.15, -0.1) is 11.3 Å². The zero-order valence-electron chi connectivity index (χ0n) is 9.32. The first-order valence-corrected chi connectivity index (χ1v) is 6.62. The second-order valence-electron chi connectivity index (χ2n) is 4.26. The van der Waals surface area contributed by atoms with E-state index in [1.54, 1.807) is 6.07 Å². The van der Waals surface area contributed by atoms with Crippen LogP contribution in [0.2, 0.25) is 0 Å². The summed E-state index contributed by atoms with van der Waals surface area (Å²) in [6.07, 6.45) is 5.22. The smallest absolute Gasteiger partial charge is 0.345 e. The summed E-state index contributed by atoms with van der Waals surface area (Å²) in [7, 11) is 0. The average Bonchev–Trinajstić information content (AvgIpc) is 2.56. The molecule has 3 nitrogen and oxygen atoms in total. The minimum absolute atomic E-state index is 0.449. The molecule has 0 aliphatic carbocycles. The van der Waals surface area contributed by atoms with E-state index in [-0.39, 0.29) is 0 Å². The topological polar surface area (TPSA) is 40.5 Å². The summed E-state index contributed by atoms with van der Waals surface area (Å²) in [6, 6.07) is 3.65. The lowest BCUT2D eigenvalue weighted by Gasteiger charge is -2.18. The summed E-state index contributed by atoms with van der Waals surface area (Å²) < 4.78 is 0. The fourth-order valence-corrected chi connectivity index (χ4v) is 2.98. The van der Waals surface area contributed by atoms with Gasteiger partial charge in [0.2, 0.25) is 0 Å². The monoisotopic (exact) mass is 239 g/mol. The number of aromatic carboxylic acids is 1. The molecule has 0 radical (unpaired) electrons. The molecule has 2 heterocycles. The zero-order chi connectivity index (χ0) is 11.4. The molecule has 1 saturated heterocycles. The number of carboxylic acids is 1. The molecule has 0 amide bonds. The van der Waals surface area contributed by atoms with Crippen LogP contribution >= 0.6 is 11.3 Å². The molecule has 1 aromatic rings. The van der Waals surface area contributed by atoms with E-state index >= 15 is 0 Å². The van der Waals surface area contributed by atoms with Crippen LogP contribution in [0, 0.1) is 0 Å². The number of hydrogen-bond acceptors (Lipinski definition) is 3. The van der Waals surface area contributed by atoms with Crippen LogP contribution in [0.3, 0.4) is 0 Å². The lowest BCUT2D eigenvalue weighted by molar-refractivity contribution is 0.0702. The maximum atomic E-state index is 10.8. The van der Waals surface area contributed by atoms with Crippen LogP contribution in [0.15, 0.2) is 12.1 Å². The quantitative estimate of drug-likeness (QED) is 0.881. The Hall–Kier alpha value is -0.870. The van der Waals surface area contributed by atoms with E-state index in [4.69, 9.17) is 5.11 Å². The number of carboxylic acid groups (broad SMARTS) is 1. The Kier molecular flexibility index (Phi) is 3.96. The Morgan fingerprint density at radius 1 is 1.25 bits per heavy atom. The van der Waals surface area contributed by atoms with Crippen LogP contribution < -0.4 is 0 Å². The number of hydrogen-bond donors (Lipinski definition) is 1. The van der Waals surface area contributed by atoms with Crippen molar-refractivity contribution in [2.75, 3.05) is 13.1 Å². The third kappa shape index (κ3) is 3.06. The first-order valence-electron chi connectivity index (χ1n) is 5.80. The molecule has 16 heavy (non-hydrogen) atoms. The van der Waals surface area contributed by atoms with Crippen LogP contribution in [0.25, 0.3) is 0 Å². The summed E-state index contributed by atoms with van der Waals surface area (Å²) in [4.78, 5) is 14.8. The van der Waals surface area contributed by atoms with Crippen molar-refractivity contribution < 1.29 is 9.90 Å². The molecular weight excluding hydrogens is 222 g/mol. The highest BCUT2D eigenvalue weighted by Crippen LogP contribution is 2.20. The normalized spacial score (nSPS) is 18.2. The van der Waals surface area contributed by atoms with Crippen molar-refractivity contribution in [3.63, 3.8) is 0 Å². The van der Waals surface area contributed by atoms with Crippen molar-refractivity contribution in [3.05, 3.63) is 21.9 Å². The highest BCUT2D eigenvalue weighted by molar-refractivity contribution is 7.13. The molecule has 0 aromatic carbocycles. The average molecular weight is 239 g/mol. The van der Waals surface area contributed by atoms with Gasteiger partial charge in [-0.3, -0.25) is 4.90 Å². The first kappa shape index (κ1) is 11.6. The van der Waals surface area contributed by atoms with Gasteiger partial charge in [0.05, 0.1) is 0 Å². The van der Waals surface area contributed by atoms with E-state index < -0.39 is 5.97 Å². The van der Waals surface area contributed by atoms with Crippen LogP contribution in [-0.4, -0.2) is 29.1 Å². The highest BCUT2D eigenvalue weighted by atomic mass is 32.1. The zero-order valence-corrected chi connectivity index (χ0v) is 10.1. The third-order valence-electron chi connectivity index (χ3n) is 2.95. The van der Waals surface area contributed by atoms with E-state index in [0.717, 1.165) is 19.6 Å². The van der Waals surface area contributed by atoms with Gasteiger partial charge < -0.3 is 5.11 Å². The molecule has 2 rings (SSSR count). The molecular formula is C12H17NO2S. The number of nitrogens with zero attached hydrogens (tertiary/aromatic N) is 1. The van der Waals surface area contributed by atoms with Gasteiger partial charge in [0.1, 0.15) is 4.88 Å². The second kappa shape index (κ2) is 5.46. The van der Waals surface area contributed by atoms with Gasteiger partial charge in [0.25, 0.3) is 0 Å². The highest BCUT2D eigenvalue weighted by Gasteiger charge is 2.12. The standard InChI is InChI=1S/C12H17NO2S/c14-12(15)11-6-5-10(16-11)9-13-7-3-1-2-4-8-13/h5-6H,1-4,7-9H2,(H,14,15). The summed E-state index contributed by atoms with van der Waals surface area (Å²) in [6.45, 7) is 3.22. The van der Waals surface area contributed by atoms with Crippen molar-refractivity contribution in [2.45, 2.75) is 32.2 Å². The van der Waals surface area contributed by atoms with Crippen LogP contribution in [-0.2, 0) is 6.54 Å². The second-order valence-corrected chi connectivity index (χ2v) is 5.43. The van der Waals surface area contributed by atoms with Gasteiger partial charge in [-0.1, -0.05) is 12.8 Å². The first-order chi connectivity index (χ1) is 7.75. The molecule has 1 aliphatic heterocycles. The maximum Gasteiger partial charge on any atom is 0.345 e. The van der Waals surface area contributed by atoms with Crippen molar-refractivity contribution in [3.8, 4) is 0 Å². The molecule has 1 aliphatic rings. The maximum absolute atomic E-state index is 10.8. The fraction of sp³-hybridized carbons (Fsp3) is 0.583. The summed E-state index contributed by atoms with van der Waals surface area (Å²) in [5.41, 5.74) is 0. The lowest BCUT2D eigenvalue weighted by atomic mass is 10.2. The van der Waals surface area contributed by atoms with E-state index in [9.17, 15) is 4.79 Å². The van der Waals surface area contributed by atoms with Gasteiger partial charge >= 0.3 is 5.97 Å². The van der Waals surface area contributed by atoms with E-state index in [2.05, 4.69) is 4.90 Å². The van der Waals surface area contributed by atoms with Gasteiger partial charge in [-0.2, -0.15) is 0 Å². The Labute approximate surface area is 99.7 Å². The Balaban J connectivity index is 1.94. The largest absolute Gasteiger partial charge is 0.477 e. The minimum Gasteiger partial charge on any atom is -0.477 e. The van der Waals surface area contributed by atoms with E-state index in [0.29, 0.717) is 4.88 Å². The predicted octanol–water partition coefficient (Wildman–Crippen LogP) is 2.82. The number of rotatable bonds is 3. The molecule has 1 N–H and O–H groups in total. The summed E-state index contributed by atoms with van der Waals surface area (Å²) in [5, 5.41) is 8.85. The Bertz CT molecular complexity index is 354. The van der Waals surface area contributed by atoms with Gasteiger partial charge in [0, 0.05) is 11.4 Å². The molecule has 1 aromatic heterocycles. The predicted molar refractivity (Wildman–Crippen MR) is 65.0 cm³/mol.